The molecule has 0 spiro atoms. The lowest BCUT2D eigenvalue weighted by Crippen LogP contribution is -2.43. The van der Waals surface area contributed by atoms with Gasteiger partial charge in [-0.3, -0.25) is 29.0 Å². The van der Waals surface area contributed by atoms with Crippen molar-refractivity contribution in [3.8, 4) is 0 Å². The number of amides is 4. The average Bonchev–Trinajstić information content (AvgIpc) is 3.84. The van der Waals surface area contributed by atoms with Gasteiger partial charge in [-0.1, -0.05) is 48.0 Å². The van der Waals surface area contributed by atoms with Crippen LogP contribution in [0.1, 0.15) is 30.3 Å². The van der Waals surface area contributed by atoms with E-state index in [9.17, 15) is 24.3 Å². The lowest BCUT2D eigenvalue weighted by molar-refractivity contribution is -0.126. The molecule has 6 atom stereocenters. The zero-order chi connectivity index (χ0) is 36.2. The van der Waals surface area contributed by atoms with Crippen LogP contribution in [0.3, 0.4) is 0 Å². The van der Waals surface area contributed by atoms with Gasteiger partial charge in [-0.2, -0.15) is 0 Å². The maximum atomic E-state index is 14.4. The number of carbonyl (C=O) groups is 4. The Morgan fingerprint density at radius 2 is 1.08 bits per heavy atom. The van der Waals surface area contributed by atoms with E-state index in [1.54, 1.807) is 36.4 Å². The fraction of sp³-hybridized carbons (Fsp3) is 0.209. The van der Waals surface area contributed by atoms with Crippen molar-refractivity contribution < 1.29 is 28.7 Å². The van der Waals surface area contributed by atoms with E-state index in [4.69, 9.17) is 4.42 Å². The number of benzene rings is 4. The van der Waals surface area contributed by atoms with Crippen molar-refractivity contribution in [1.29, 1.82) is 0 Å². The highest BCUT2D eigenvalue weighted by Crippen LogP contribution is 2.58. The van der Waals surface area contributed by atoms with Crippen LogP contribution in [-0.2, 0) is 25.8 Å². The number of rotatable bonds is 8. The average molecular weight is 705 g/mol. The summed E-state index contributed by atoms with van der Waals surface area (Å²) in [6, 6.07) is 37.2. The van der Waals surface area contributed by atoms with Crippen molar-refractivity contribution in [1.82, 2.24) is 0 Å². The molecule has 5 aromatic rings. The Labute approximate surface area is 305 Å². The number of fused-ring (bicyclic) bond motifs is 4. The smallest absolute Gasteiger partial charge is 0.238 e. The third kappa shape index (κ3) is 5.53. The summed E-state index contributed by atoms with van der Waals surface area (Å²) in [5, 5.41) is 16.5. The number of carbonyl (C=O) groups excluding carboxylic acids is 4. The van der Waals surface area contributed by atoms with Gasteiger partial charge in [-0.15, -0.1) is 0 Å². The quantitative estimate of drug-likeness (QED) is 0.113. The molecule has 4 amide bonds. The van der Waals surface area contributed by atoms with Crippen molar-refractivity contribution in [2.45, 2.75) is 25.4 Å². The highest BCUT2D eigenvalue weighted by Gasteiger charge is 2.62. The minimum Gasteiger partial charge on any atom is -0.463 e. The molecule has 1 aromatic heterocycles. The van der Waals surface area contributed by atoms with Crippen LogP contribution < -0.4 is 20.4 Å². The van der Waals surface area contributed by atoms with E-state index in [0.29, 0.717) is 29.3 Å². The molecule has 2 aliphatic carbocycles. The first-order valence-electron chi connectivity index (χ1n) is 17.9. The van der Waals surface area contributed by atoms with Crippen molar-refractivity contribution in [3.63, 3.8) is 0 Å². The molecule has 0 bridgehead atoms. The number of nitrogens with zero attached hydrogens (tertiary/aromatic N) is 2. The van der Waals surface area contributed by atoms with E-state index >= 15 is 0 Å². The van der Waals surface area contributed by atoms with E-state index < -0.39 is 35.5 Å². The molecule has 3 fully saturated rings. The molecule has 4 aromatic carbocycles. The summed E-state index contributed by atoms with van der Waals surface area (Å²) in [6.45, 7) is -0.321. The molecule has 53 heavy (non-hydrogen) atoms. The third-order valence-electron chi connectivity index (χ3n) is 11.2. The van der Waals surface area contributed by atoms with Gasteiger partial charge in [0.15, 0.2) is 0 Å². The summed E-state index contributed by atoms with van der Waals surface area (Å²) in [4.78, 5) is 59.7. The summed E-state index contributed by atoms with van der Waals surface area (Å²) >= 11 is 0. The van der Waals surface area contributed by atoms with Crippen molar-refractivity contribution in [2.75, 3.05) is 20.4 Å². The Balaban J connectivity index is 1.02. The normalized spacial score (nSPS) is 24.8. The maximum absolute atomic E-state index is 14.4. The second-order valence-electron chi connectivity index (χ2n) is 14.1. The first-order valence-corrected chi connectivity index (χ1v) is 17.9. The van der Waals surface area contributed by atoms with Crippen LogP contribution in [0.15, 0.2) is 137 Å². The Bertz CT molecular complexity index is 2250. The van der Waals surface area contributed by atoms with Gasteiger partial charge in [0.05, 0.1) is 41.0 Å². The van der Waals surface area contributed by atoms with Gasteiger partial charge >= 0.3 is 0 Å². The van der Waals surface area contributed by atoms with Gasteiger partial charge in [-0.25, -0.2) is 0 Å². The number of hydrogen-bond acceptors (Lipinski definition) is 8. The van der Waals surface area contributed by atoms with E-state index in [-0.39, 0.29) is 36.7 Å². The summed E-state index contributed by atoms with van der Waals surface area (Å²) in [5.41, 5.74) is 5.23. The molecule has 4 aliphatic rings. The maximum Gasteiger partial charge on any atom is 0.238 e. The zero-order valence-corrected chi connectivity index (χ0v) is 28.6. The fourth-order valence-electron chi connectivity index (χ4n) is 8.82. The molecule has 3 heterocycles. The van der Waals surface area contributed by atoms with Gasteiger partial charge in [0.2, 0.25) is 23.6 Å². The fourth-order valence-corrected chi connectivity index (χ4v) is 8.82. The van der Waals surface area contributed by atoms with Crippen LogP contribution in [0.4, 0.5) is 34.1 Å². The third-order valence-corrected chi connectivity index (χ3v) is 11.2. The lowest BCUT2D eigenvalue weighted by atomic mass is 9.58. The number of aliphatic hydroxyl groups excluding tert-OH is 1. The second-order valence-corrected chi connectivity index (χ2v) is 14.1. The molecule has 264 valence electrons. The molecule has 1 saturated carbocycles. The summed E-state index contributed by atoms with van der Waals surface area (Å²) in [6.07, 6.45) is 2.57. The van der Waals surface area contributed by atoms with Gasteiger partial charge in [0.25, 0.3) is 0 Å². The summed E-state index contributed by atoms with van der Waals surface area (Å²) < 4.78 is 6.08. The standard InChI is InChI=1S/C43H36N4O6/c48-24-31-19-22-36(53-31)38-32-20-21-33-37(42(51)46(40(33)49)29-15-11-27(12-16-29)44-25-7-3-1-4-8-25)34(32)23-35-39(38)43(52)47(41(35)50)30-17-13-28(14-18-30)45-26-9-5-2-6-10-26/h1-20,22,33-35,37-39,44-45,48H,21,23-24H2. The summed E-state index contributed by atoms with van der Waals surface area (Å²) in [5.74, 6) is -4.33. The minimum absolute atomic E-state index is 0.253. The number of anilines is 6. The highest BCUT2D eigenvalue weighted by molar-refractivity contribution is 6.24. The molecular weight excluding hydrogens is 668 g/mol. The van der Waals surface area contributed by atoms with Crippen molar-refractivity contribution in [3.05, 3.63) is 144 Å². The number of hydrogen-bond donors (Lipinski definition) is 3. The Morgan fingerprint density at radius 1 is 0.566 bits per heavy atom. The molecule has 0 radical (unpaired) electrons. The molecule has 2 saturated heterocycles. The molecule has 6 unspecified atom stereocenters. The highest BCUT2D eigenvalue weighted by atomic mass is 16.4. The van der Waals surface area contributed by atoms with Crippen LogP contribution in [0.25, 0.3) is 0 Å². The van der Waals surface area contributed by atoms with Gasteiger partial charge in [0.1, 0.15) is 18.1 Å². The van der Waals surface area contributed by atoms with Gasteiger partial charge in [-0.05, 0) is 104 Å². The van der Waals surface area contributed by atoms with Crippen LogP contribution in [0.2, 0.25) is 0 Å². The van der Waals surface area contributed by atoms with E-state index in [1.165, 1.54) is 9.80 Å². The number of imide groups is 2. The number of furan rings is 1. The first kappa shape index (κ1) is 32.6. The number of allylic oxidation sites excluding steroid dienone is 2. The molecular formula is C43H36N4O6. The predicted molar refractivity (Wildman–Crippen MR) is 199 cm³/mol. The second kappa shape index (κ2) is 13.1. The van der Waals surface area contributed by atoms with E-state index in [0.717, 1.165) is 28.3 Å². The first-order chi connectivity index (χ1) is 25.9. The molecule has 10 nitrogen and oxygen atoms in total. The SMILES string of the molecule is O=C1C2CC=C3C(CC4C(=O)N(c5ccc(Nc6ccccc6)cc5)C(=O)C4C3c3ccc(CO)o3)C2C(=O)N1c1ccc(Nc2ccccc2)cc1. The molecule has 9 rings (SSSR count). The number of nitrogens with one attached hydrogen (secondary N) is 2. The molecule has 10 heteroatoms. The Hall–Kier alpha value is -6.26. The van der Waals surface area contributed by atoms with Crippen LogP contribution in [0.5, 0.6) is 0 Å². The zero-order valence-electron chi connectivity index (χ0n) is 28.6. The number of para-hydroxylation sites is 2. The van der Waals surface area contributed by atoms with Crippen LogP contribution in [-0.4, -0.2) is 28.7 Å². The summed E-state index contributed by atoms with van der Waals surface area (Å²) in [7, 11) is 0. The van der Waals surface area contributed by atoms with Gasteiger partial charge in [0, 0.05) is 22.7 Å². The van der Waals surface area contributed by atoms with Crippen molar-refractivity contribution >= 4 is 57.8 Å². The monoisotopic (exact) mass is 704 g/mol. The van der Waals surface area contributed by atoms with Crippen LogP contribution in [0, 0.1) is 29.6 Å². The van der Waals surface area contributed by atoms with Crippen LogP contribution >= 0.6 is 0 Å². The number of aliphatic hydroxyl groups is 1. The molecule has 3 N–H and O–H groups in total. The predicted octanol–water partition coefficient (Wildman–Crippen LogP) is 7.30. The Morgan fingerprint density at radius 3 is 1.60 bits per heavy atom. The topological polar surface area (TPSA) is 132 Å². The van der Waals surface area contributed by atoms with E-state index in [2.05, 4.69) is 10.6 Å². The van der Waals surface area contributed by atoms with Crippen molar-refractivity contribution in [2.24, 2.45) is 29.6 Å². The van der Waals surface area contributed by atoms with Gasteiger partial charge < -0.3 is 20.2 Å². The largest absolute Gasteiger partial charge is 0.463 e. The Kier molecular flexibility index (Phi) is 8.04. The lowest BCUT2D eigenvalue weighted by Gasteiger charge is -2.43. The van der Waals surface area contributed by atoms with E-state index in [1.807, 2.05) is 91.0 Å². The molecule has 2 aliphatic heterocycles. The minimum atomic E-state index is -0.769.